The van der Waals surface area contributed by atoms with E-state index < -0.39 is 0 Å². The maximum atomic E-state index is 11.9. The third-order valence-electron chi connectivity index (χ3n) is 4.55. The van der Waals surface area contributed by atoms with Crippen LogP contribution in [0.5, 0.6) is 0 Å². The first-order valence-electron chi connectivity index (χ1n) is 8.30. The van der Waals surface area contributed by atoms with Crippen molar-refractivity contribution in [1.29, 1.82) is 0 Å². The average Bonchev–Trinajstić information content (AvgIpc) is 2.68. The Morgan fingerprint density at radius 2 is 1.86 bits per heavy atom. The maximum Gasteiger partial charge on any atom is 0.222 e. The largest absolute Gasteiger partial charge is 0.342 e. The van der Waals surface area contributed by atoms with Gasteiger partial charge in [0.05, 0.1) is 0 Å². The molecule has 0 spiro atoms. The van der Waals surface area contributed by atoms with Crippen LogP contribution in [0.1, 0.15) is 44.9 Å². The summed E-state index contributed by atoms with van der Waals surface area (Å²) >= 11 is 0. The minimum Gasteiger partial charge on any atom is -0.342 e. The minimum absolute atomic E-state index is 0.221. The zero-order valence-electron chi connectivity index (χ0n) is 12.9. The number of unbranched alkanes of at least 4 members (excludes halogenated alkanes) is 1. The number of carbonyl (C=O) groups excluding carboxylic acids is 1. The average molecular weight is 293 g/mol. The molecule has 0 N–H and O–H groups in total. The number of azide groups is 1. The van der Waals surface area contributed by atoms with Crippen molar-refractivity contribution in [1.82, 2.24) is 9.80 Å². The van der Waals surface area contributed by atoms with Crippen molar-refractivity contribution in [3.8, 4) is 0 Å². The number of hydrogen-bond acceptors (Lipinski definition) is 3. The van der Waals surface area contributed by atoms with E-state index in [9.17, 15) is 4.79 Å². The fourth-order valence-corrected chi connectivity index (χ4v) is 3.34. The molecule has 0 radical (unpaired) electrons. The lowest BCUT2D eigenvalue weighted by Crippen LogP contribution is -2.29. The number of hydrogen-bond donors (Lipinski definition) is 0. The summed E-state index contributed by atoms with van der Waals surface area (Å²) in [6.07, 6.45) is 8.24. The highest BCUT2D eigenvalue weighted by molar-refractivity contribution is 5.78. The number of amides is 1. The molecule has 2 fully saturated rings. The van der Waals surface area contributed by atoms with Crippen LogP contribution < -0.4 is 0 Å². The lowest BCUT2D eigenvalue weighted by Gasteiger charge is -2.21. The zero-order valence-corrected chi connectivity index (χ0v) is 12.9. The van der Waals surface area contributed by atoms with E-state index in [2.05, 4.69) is 14.9 Å². The SMILES string of the molecule is [N-]=[N+]=NCC1CC(=O)N(CCCCN2CCCCCC2)C1. The third-order valence-corrected chi connectivity index (χ3v) is 4.55. The summed E-state index contributed by atoms with van der Waals surface area (Å²) in [6, 6.07) is 0. The van der Waals surface area contributed by atoms with Gasteiger partial charge in [-0.2, -0.15) is 0 Å². The first kappa shape index (κ1) is 16.1. The summed E-state index contributed by atoms with van der Waals surface area (Å²) < 4.78 is 0. The van der Waals surface area contributed by atoms with Gasteiger partial charge in [-0.1, -0.05) is 18.0 Å². The number of rotatable bonds is 7. The van der Waals surface area contributed by atoms with E-state index >= 15 is 0 Å². The molecule has 1 amide bonds. The van der Waals surface area contributed by atoms with Gasteiger partial charge < -0.3 is 9.80 Å². The van der Waals surface area contributed by atoms with Crippen molar-refractivity contribution in [2.75, 3.05) is 39.3 Å². The predicted octanol–water partition coefficient (Wildman–Crippen LogP) is 2.80. The maximum absolute atomic E-state index is 11.9. The van der Waals surface area contributed by atoms with Crippen LogP contribution in [0.2, 0.25) is 0 Å². The predicted molar refractivity (Wildman–Crippen MR) is 82.8 cm³/mol. The fraction of sp³-hybridized carbons (Fsp3) is 0.933. The number of likely N-dealkylation sites (tertiary alicyclic amines) is 2. The van der Waals surface area contributed by atoms with Gasteiger partial charge in [-0.25, -0.2) is 0 Å². The molecule has 118 valence electrons. The van der Waals surface area contributed by atoms with E-state index in [1.165, 1.54) is 51.7 Å². The second-order valence-corrected chi connectivity index (χ2v) is 6.29. The monoisotopic (exact) mass is 293 g/mol. The minimum atomic E-state index is 0.221. The van der Waals surface area contributed by atoms with E-state index in [4.69, 9.17) is 5.53 Å². The van der Waals surface area contributed by atoms with Crippen LogP contribution in [-0.4, -0.2) is 55.0 Å². The van der Waals surface area contributed by atoms with Gasteiger partial charge in [0.2, 0.25) is 5.91 Å². The van der Waals surface area contributed by atoms with Gasteiger partial charge in [0.1, 0.15) is 0 Å². The summed E-state index contributed by atoms with van der Waals surface area (Å²) in [7, 11) is 0. The highest BCUT2D eigenvalue weighted by atomic mass is 16.2. The summed E-state index contributed by atoms with van der Waals surface area (Å²) in [6.45, 7) is 5.74. The topological polar surface area (TPSA) is 72.3 Å². The molecule has 0 aromatic heterocycles. The van der Waals surface area contributed by atoms with Crippen LogP contribution in [0.4, 0.5) is 0 Å². The summed E-state index contributed by atoms with van der Waals surface area (Å²) in [5.41, 5.74) is 8.33. The Morgan fingerprint density at radius 1 is 1.14 bits per heavy atom. The quantitative estimate of drug-likeness (QED) is 0.313. The molecule has 21 heavy (non-hydrogen) atoms. The molecule has 1 unspecified atom stereocenters. The van der Waals surface area contributed by atoms with Gasteiger partial charge in [0.15, 0.2) is 0 Å². The zero-order chi connectivity index (χ0) is 14.9. The van der Waals surface area contributed by atoms with Gasteiger partial charge in [-0.15, -0.1) is 0 Å². The molecule has 2 aliphatic heterocycles. The van der Waals surface area contributed by atoms with Crippen molar-refractivity contribution < 1.29 is 4.79 Å². The van der Waals surface area contributed by atoms with E-state index in [-0.39, 0.29) is 11.8 Å². The molecule has 0 bridgehead atoms. The third kappa shape index (κ3) is 5.56. The molecular formula is C15H27N5O. The Labute approximate surface area is 127 Å². The van der Waals surface area contributed by atoms with Crippen molar-refractivity contribution in [3.05, 3.63) is 10.4 Å². The van der Waals surface area contributed by atoms with Crippen LogP contribution in [0, 0.1) is 5.92 Å². The number of nitrogens with zero attached hydrogens (tertiary/aromatic N) is 5. The van der Waals surface area contributed by atoms with Gasteiger partial charge >= 0.3 is 0 Å². The lowest BCUT2D eigenvalue weighted by atomic mass is 10.1. The molecule has 2 heterocycles. The van der Waals surface area contributed by atoms with E-state index in [0.29, 0.717) is 13.0 Å². The standard InChI is InChI=1S/C15H27N5O/c16-18-17-12-14-11-15(21)20(13-14)10-6-5-9-19-7-3-1-2-4-8-19/h14H,1-13H2. The first-order chi connectivity index (χ1) is 10.3. The van der Waals surface area contributed by atoms with E-state index in [1.54, 1.807) is 0 Å². The molecule has 6 heteroatoms. The van der Waals surface area contributed by atoms with Crippen molar-refractivity contribution in [2.24, 2.45) is 11.0 Å². The summed E-state index contributed by atoms with van der Waals surface area (Å²) in [4.78, 5) is 19.2. The Balaban J connectivity index is 1.59. The molecular weight excluding hydrogens is 266 g/mol. The molecule has 1 atom stereocenters. The van der Waals surface area contributed by atoms with E-state index in [1.807, 2.05) is 4.90 Å². The molecule has 0 saturated carbocycles. The molecule has 2 rings (SSSR count). The second-order valence-electron chi connectivity index (χ2n) is 6.29. The fourth-order valence-electron chi connectivity index (χ4n) is 3.34. The van der Waals surface area contributed by atoms with Crippen molar-refractivity contribution in [3.63, 3.8) is 0 Å². The number of carbonyl (C=O) groups is 1. The van der Waals surface area contributed by atoms with Crippen LogP contribution in [0.15, 0.2) is 5.11 Å². The highest BCUT2D eigenvalue weighted by Crippen LogP contribution is 2.19. The smallest absolute Gasteiger partial charge is 0.222 e. The van der Waals surface area contributed by atoms with Crippen LogP contribution in [0.3, 0.4) is 0 Å². The Hall–Kier alpha value is -1.26. The van der Waals surface area contributed by atoms with E-state index in [0.717, 1.165) is 19.5 Å². The van der Waals surface area contributed by atoms with Crippen LogP contribution in [-0.2, 0) is 4.79 Å². The molecule has 6 nitrogen and oxygen atoms in total. The molecule has 0 aromatic rings. The van der Waals surface area contributed by atoms with Gasteiger partial charge in [-0.3, -0.25) is 4.79 Å². The Morgan fingerprint density at radius 3 is 2.57 bits per heavy atom. The first-order valence-corrected chi connectivity index (χ1v) is 8.30. The van der Waals surface area contributed by atoms with Crippen molar-refractivity contribution >= 4 is 5.91 Å². The molecule has 0 aromatic carbocycles. The van der Waals surface area contributed by atoms with Crippen LogP contribution >= 0.6 is 0 Å². The molecule has 0 aliphatic carbocycles. The van der Waals surface area contributed by atoms with Crippen molar-refractivity contribution in [2.45, 2.75) is 44.9 Å². The lowest BCUT2D eigenvalue weighted by molar-refractivity contribution is -0.127. The van der Waals surface area contributed by atoms with Crippen LogP contribution in [0.25, 0.3) is 10.4 Å². The van der Waals surface area contributed by atoms with Gasteiger partial charge in [-0.05, 0) is 56.8 Å². The van der Waals surface area contributed by atoms with Gasteiger partial charge in [0, 0.05) is 31.0 Å². The highest BCUT2D eigenvalue weighted by Gasteiger charge is 2.28. The Kier molecular flexibility index (Phi) is 6.83. The second kappa shape index (κ2) is 8.90. The Bertz CT molecular complexity index is 372. The molecule has 2 saturated heterocycles. The normalized spacial score (nSPS) is 23.9. The van der Waals surface area contributed by atoms with Gasteiger partial charge in [0.25, 0.3) is 0 Å². The molecule has 2 aliphatic rings. The summed E-state index contributed by atoms with van der Waals surface area (Å²) in [5.74, 6) is 0.446. The summed E-state index contributed by atoms with van der Waals surface area (Å²) in [5, 5.41) is 3.58.